The van der Waals surface area contributed by atoms with E-state index in [9.17, 15) is 4.79 Å². The minimum absolute atomic E-state index is 0.00814. The van der Waals surface area contributed by atoms with E-state index >= 15 is 0 Å². The molecule has 0 saturated carbocycles. The topological polar surface area (TPSA) is 26.3 Å². The molecule has 0 N–H and O–H groups in total. The van der Waals surface area contributed by atoms with Crippen molar-refractivity contribution in [3.63, 3.8) is 0 Å². The molecular weight excluding hydrogens is 416 g/mol. The molecule has 0 bridgehead atoms. The SMILES string of the molecule is CCCCCCCCCCCCCCCC(CCCCCCCCCC)COC(=O)C(C)CC. The number of esters is 1. The van der Waals surface area contributed by atoms with Gasteiger partial charge in [0.15, 0.2) is 0 Å². The molecule has 0 aromatic carbocycles. The first-order chi connectivity index (χ1) is 16.7. The first-order valence-electron chi connectivity index (χ1n) is 15.8. The van der Waals surface area contributed by atoms with Gasteiger partial charge >= 0.3 is 5.97 Å². The van der Waals surface area contributed by atoms with Gasteiger partial charge in [-0.2, -0.15) is 0 Å². The van der Waals surface area contributed by atoms with Gasteiger partial charge in [-0.25, -0.2) is 0 Å². The lowest BCUT2D eigenvalue weighted by Crippen LogP contribution is -2.19. The zero-order valence-electron chi connectivity index (χ0n) is 24.1. The number of carbonyl (C=O) groups is 1. The molecular formula is C32H64O2. The molecule has 0 radical (unpaired) electrons. The lowest BCUT2D eigenvalue weighted by molar-refractivity contribution is -0.149. The third kappa shape index (κ3) is 23.2. The summed E-state index contributed by atoms with van der Waals surface area (Å²) in [6.45, 7) is 9.28. The molecule has 2 heteroatoms. The van der Waals surface area contributed by atoms with Gasteiger partial charge in [0.2, 0.25) is 0 Å². The minimum Gasteiger partial charge on any atom is -0.465 e. The molecule has 2 unspecified atom stereocenters. The van der Waals surface area contributed by atoms with Gasteiger partial charge in [0, 0.05) is 0 Å². The Morgan fingerprint density at radius 2 is 0.853 bits per heavy atom. The van der Waals surface area contributed by atoms with Crippen LogP contribution in [0, 0.1) is 11.8 Å². The van der Waals surface area contributed by atoms with E-state index in [1.807, 2.05) is 6.92 Å². The number of unbranched alkanes of at least 4 members (excludes halogenated alkanes) is 19. The maximum Gasteiger partial charge on any atom is 0.308 e. The fourth-order valence-corrected chi connectivity index (χ4v) is 4.84. The maximum absolute atomic E-state index is 12.1. The molecule has 0 aliphatic carbocycles. The van der Waals surface area contributed by atoms with E-state index in [1.54, 1.807) is 0 Å². The van der Waals surface area contributed by atoms with Crippen molar-refractivity contribution in [3.8, 4) is 0 Å². The minimum atomic E-state index is 0.00814. The second kappa shape index (κ2) is 27.1. The normalized spacial score (nSPS) is 13.2. The van der Waals surface area contributed by atoms with E-state index in [4.69, 9.17) is 4.74 Å². The number of rotatable bonds is 27. The highest BCUT2D eigenvalue weighted by atomic mass is 16.5. The highest BCUT2D eigenvalue weighted by Gasteiger charge is 2.16. The standard InChI is InChI=1S/C32H64O2/c1-5-8-10-12-14-16-17-18-19-20-22-24-26-28-31(29-34-32(33)30(4)7-3)27-25-23-21-15-13-11-9-6-2/h30-31H,5-29H2,1-4H3. The van der Waals surface area contributed by atoms with E-state index in [2.05, 4.69) is 20.8 Å². The van der Waals surface area contributed by atoms with Gasteiger partial charge in [0.05, 0.1) is 12.5 Å². The zero-order valence-corrected chi connectivity index (χ0v) is 24.1. The Morgan fingerprint density at radius 1 is 0.529 bits per heavy atom. The molecule has 0 aromatic heterocycles. The monoisotopic (exact) mass is 480 g/mol. The summed E-state index contributed by atoms with van der Waals surface area (Å²) in [7, 11) is 0. The molecule has 0 spiro atoms. The lowest BCUT2D eigenvalue weighted by Gasteiger charge is -2.18. The van der Waals surface area contributed by atoms with Crippen LogP contribution in [0.5, 0.6) is 0 Å². The predicted octanol–water partition coefficient (Wildman–Crippen LogP) is 11.2. The number of hydrogen-bond donors (Lipinski definition) is 0. The van der Waals surface area contributed by atoms with E-state index in [0.29, 0.717) is 12.5 Å². The van der Waals surface area contributed by atoms with E-state index in [0.717, 1.165) is 6.42 Å². The van der Waals surface area contributed by atoms with Crippen molar-refractivity contribution in [2.24, 2.45) is 11.8 Å². The van der Waals surface area contributed by atoms with Crippen LogP contribution in [0.3, 0.4) is 0 Å². The summed E-state index contributed by atoms with van der Waals surface area (Å²) in [5.74, 6) is 0.620. The Balaban J connectivity index is 3.87. The molecule has 0 amide bonds. The summed E-state index contributed by atoms with van der Waals surface area (Å²) in [5, 5.41) is 0. The summed E-state index contributed by atoms with van der Waals surface area (Å²) in [5.41, 5.74) is 0. The van der Waals surface area contributed by atoms with Crippen LogP contribution in [0.2, 0.25) is 0 Å². The molecule has 0 fully saturated rings. The van der Waals surface area contributed by atoms with Gasteiger partial charge in [-0.05, 0) is 25.2 Å². The van der Waals surface area contributed by atoms with Crippen LogP contribution in [0.1, 0.15) is 182 Å². The predicted molar refractivity (Wildman–Crippen MR) is 151 cm³/mol. The lowest BCUT2D eigenvalue weighted by atomic mass is 9.94. The maximum atomic E-state index is 12.1. The molecule has 0 heterocycles. The Kier molecular flexibility index (Phi) is 26.6. The molecule has 2 nitrogen and oxygen atoms in total. The smallest absolute Gasteiger partial charge is 0.308 e. The first kappa shape index (κ1) is 33.5. The first-order valence-corrected chi connectivity index (χ1v) is 15.8. The summed E-state index contributed by atoms with van der Waals surface area (Å²) in [6, 6.07) is 0. The van der Waals surface area contributed by atoms with Crippen molar-refractivity contribution in [2.75, 3.05) is 6.61 Å². The average Bonchev–Trinajstić information content (AvgIpc) is 2.85. The molecule has 0 rings (SSSR count). The zero-order chi connectivity index (χ0) is 25.1. The Labute approximate surface area is 215 Å². The van der Waals surface area contributed by atoms with Crippen molar-refractivity contribution in [3.05, 3.63) is 0 Å². The van der Waals surface area contributed by atoms with Crippen molar-refractivity contribution < 1.29 is 9.53 Å². The summed E-state index contributed by atoms with van der Waals surface area (Å²) in [6.07, 6.45) is 32.6. The van der Waals surface area contributed by atoms with Crippen LogP contribution in [0.25, 0.3) is 0 Å². The fraction of sp³-hybridized carbons (Fsp3) is 0.969. The Morgan fingerprint density at radius 3 is 1.18 bits per heavy atom. The molecule has 0 saturated heterocycles. The third-order valence-corrected chi connectivity index (χ3v) is 7.66. The quantitative estimate of drug-likeness (QED) is 0.0862. The summed E-state index contributed by atoms with van der Waals surface area (Å²) in [4.78, 5) is 12.1. The van der Waals surface area contributed by atoms with Gasteiger partial charge < -0.3 is 4.74 Å². The van der Waals surface area contributed by atoms with Crippen LogP contribution in [0.4, 0.5) is 0 Å². The fourth-order valence-electron chi connectivity index (χ4n) is 4.84. The second-order valence-electron chi connectivity index (χ2n) is 11.1. The average molecular weight is 481 g/mol. The van der Waals surface area contributed by atoms with Crippen LogP contribution >= 0.6 is 0 Å². The van der Waals surface area contributed by atoms with Crippen LogP contribution in [0.15, 0.2) is 0 Å². The van der Waals surface area contributed by atoms with Crippen LogP contribution in [-0.4, -0.2) is 12.6 Å². The molecule has 204 valence electrons. The third-order valence-electron chi connectivity index (χ3n) is 7.66. The molecule has 34 heavy (non-hydrogen) atoms. The van der Waals surface area contributed by atoms with Gasteiger partial charge in [0.25, 0.3) is 0 Å². The highest BCUT2D eigenvalue weighted by Crippen LogP contribution is 2.21. The van der Waals surface area contributed by atoms with Gasteiger partial charge in [-0.1, -0.05) is 163 Å². The van der Waals surface area contributed by atoms with Crippen LogP contribution in [-0.2, 0) is 9.53 Å². The largest absolute Gasteiger partial charge is 0.465 e. The van der Waals surface area contributed by atoms with Crippen molar-refractivity contribution in [2.45, 2.75) is 182 Å². The van der Waals surface area contributed by atoms with Crippen LogP contribution < -0.4 is 0 Å². The van der Waals surface area contributed by atoms with Crippen molar-refractivity contribution in [1.29, 1.82) is 0 Å². The number of carbonyl (C=O) groups excluding carboxylic acids is 1. The highest BCUT2D eigenvalue weighted by molar-refractivity contribution is 5.71. The van der Waals surface area contributed by atoms with Crippen molar-refractivity contribution >= 4 is 5.97 Å². The van der Waals surface area contributed by atoms with Gasteiger partial charge in [-0.3, -0.25) is 4.79 Å². The summed E-state index contributed by atoms with van der Waals surface area (Å²) >= 11 is 0. The van der Waals surface area contributed by atoms with Crippen molar-refractivity contribution in [1.82, 2.24) is 0 Å². The molecule has 0 aromatic rings. The Hall–Kier alpha value is -0.530. The van der Waals surface area contributed by atoms with Gasteiger partial charge in [-0.15, -0.1) is 0 Å². The Bertz CT molecular complexity index is 406. The second-order valence-corrected chi connectivity index (χ2v) is 11.1. The molecule has 0 aliphatic heterocycles. The van der Waals surface area contributed by atoms with Gasteiger partial charge in [0.1, 0.15) is 0 Å². The molecule has 0 aliphatic rings. The van der Waals surface area contributed by atoms with E-state index in [-0.39, 0.29) is 11.9 Å². The number of ether oxygens (including phenoxy) is 1. The number of hydrogen-bond acceptors (Lipinski definition) is 2. The van der Waals surface area contributed by atoms with E-state index < -0.39 is 0 Å². The van der Waals surface area contributed by atoms with E-state index in [1.165, 1.54) is 148 Å². The summed E-state index contributed by atoms with van der Waals surface area (Å²) < 4.78 is 5.70. The molecule has 2 atom stereocenters.